The van der Waals surface area contributed by atoms with Crippen molar-refractivity contribution in [2.75, 3.05) is 0 Å². The fourth-order valence-electron chi connectivity index (χ4n) is 3.81. The Morgan fingerprint density at radius 2 is 2.04 bits per heavy atom. The molecule has 2 heterocycles. The van der Waals surface area contributed by atoms with Crippen LogP contribution in [-0.2, 0) is 13.5 Å². The Labute approximate surface area is 161 Å². The van der Waals surface area contributed by atoms with E-state index >= 15 is 0 Å². The molecule has 0 radical (unpaired) electrons. The largest absolute Gasteiger partial charge is 0.354 e. The number of hydrogen-bond donors (Lipinski definition) is 2. The summed E-state index contributed by atoms with van der Waals surface area (Å²) >= 11 is 0. The Bertz CT molecular complexity index is 1050. The first-order valence-corrected chi connectivity index (χ1v) is 9.24. The van der Waals surface area contributed by atoms with E-state index in [0.29, 0.717) is 34.6 Å². The Balaban J connectivity index is 1.70. The fraction of sp³-hybridized carbons (Fsp3) is 0.286. The third kappa shape index (κ3) is 3.13. The number of aromatic amines is 1. The molecule has 0 fully saturated rings. The zero-order valence-corrected chi connectivity index (χ0v) is 15.8. The molecule has 2 N–H and O–H groups in total. The number of fused-ring (bicyclic) bond motifs is 1. The quantitative estimate of drug-likeness (QED) is 0.729. The molecule has 1 aliphatic carbocycles. The van der Waals surface area contributed by atoms with E-state index in [0.717, 1.165) is 18.5 Å². The number of nitrogens with zero attached hydrogens (tertiary/aromatic N) is 2. The molecular weight excluding hydrogens is 359 g/mol. The number of aryl methyl sites for hydroxylation is 2. The van der Waals surface area contributed by atoms with E-state index in [2.05, 4.69) is 15.3 Å². The number of carbonyl (C=O) groups is 2. The Morgan fingerprint density at radius 3 is 2.68 bits per heavy atom. The molecule has 0 saturated carbocycles. The number of Topliss-reactive ketones (excluding diaryl/α,β-unsaturated/α-hetero) is 1. The number of nitrogens with one attached hydrogen (secondary N) is 2. The number of amides is 1. The third-order valence-electron chi connectivity index (χ3n) is 5.26. The summed E-state index contributed by atoms with van der Waals surface area (Å²) in [5, 5.41) is 2.99. The zero-order chi connectivity index (χ0) is 19.8. The van der Waals surface area contributed by atoms with Gasteiger partial charge < -0.3 is 14.9 Å². The summed E-state index contributed by atoms with van der Waals surface area (Å²) in [5.41, 5.74) is 3.26. The maximum Gasteiger partial charge on any atom is 0.268 e. The van der Waals surface area contributed by atoms with Gasteiger partial charge in [0, 0.05) is 37.1 Å². The van der Waals surface area contributed by atoms with E-state index < -0.39 is 6.04 Å². The highest BCUT2D eigenvalue weighted by Crippen LogP contribution is 2.27. The van der Waals surface area contributed by atoms with Crippen molar-refractivity contribution >= 4 is 11.7 Å². The minimum atomic E-state index is -0.552. The van der Waals surface area contributed by atoms with Crippen LogP contribution in [0.15, 0.2) is 36.7 Å². The van der Waals surface area contributed by atoms with Gasteiger partial charge in [-0.2, -0.15) is 0 Å². The summed E-state index contributed by atoms with van der Waals surface area (Å²) in [6.07, 6.45) is 5.50. The van der Waals surface area contributed by atoms with Crippen molar-refractivity contribution in [1.29, 1.82) is 0 Å². The van der Waals surface area contributed by atoms with Crippen molar-refractivity contribution in [3.8, 4) is 0 Å². The topological polar surface area (TPSA) is 79.8 Å². The zero-order valence-electron chi connectivity index (χ0n) is 15.8. The van der Waals surface area contributed by atoms with Crippen LogP contribution in [0.5, 0.6) is 0 Å². The smallest absolute Gasteiger partial charge is 0.268 e. The molecule has 0 bridgehead atoms. The van der Waals surface area contributed by atoms with Crippen molar-refractivity contribution in [2.45, 2.75) is 32.2 Å². The van der Waals surface area contributed by atoms with Gasteiger partial charge in [0.15, 0.2) is 5.78 Å². The number of ketones is 1. The Morgan fingerprint density at radius 1 is 1.29 bits per heavy atom. The molecule has 1 atom stereocenters. The maximum absolute atomic E-state index is 13.4. The lowest BCUT2D eigenvalue weighted by Crippen LogP contribution is -2.31. The lowest BCUT2D eigenvalue weighted by atomic mass is 9.93. The van der Waals surface area contributed by atoms with Gasteiger partial charge in [0.25, 0.3) is 5.91 Å². The average Bonchev–Trinajstić information content (AvgIpc) is 3.24. The van der Waals surface area contributed by atoms with Gasteiger partial charge in [-0.15, -0.1) is 0 Å². The van der Waals surface area contributed by atoms with Gasteiger partial charge in [0.05, 0.1) is 0 Å². The standard InChI is InChI=1S/C21H21FN4O2/c1-12-17-15(4-3-5-16(17)27)24-18(12)21(28)25-19(20-23-10-11-26(20)2)13-6-8-14(22)9-7-13/h6-11,19,24H,3-5H2,1-2H3,(H,25,28). The summed E-state index contributed by atoms with van der Waals surface area (Å²) < 4.78 is 15.2. The number of benzene rings is 1. The molecule has 0 aliphatic heterocycles. The molecule has 144 valence electrons. The molecule has 6 nitrogen and oxygen atoms in total. The normalized spacial score (nSPS) is 14.6. The second-order valence-corrected chi connectivity index (χ2v) is 7.11. The molecule has 1 amide bonds. The summed E-state index contributed by atoms with van der Waals surface area (Å²) in [4.78, 5) is 32.8. The van der Waals surface area contributed by atoms with Crippen LogP contribution in [0.1, 0.15) is 62.4 Å². The molecule has 3 aromatic rings. The van der Waals surface area contributed by atoms with Crippen molar-refractivity contribution in [2.24, 2.45) is 7.05 Å². The van der Waals surface area contributed by atoms with Crippen LogP contribution in [0.25, 0.3) is 0 Å². The molecule has 2 aromatic heterocycles. The van der Waals surface area contributed by atoms with Gasteiger partial charge in [0.1, 0.15) is 23.4 Å². The maximum atomic E-state index is 13.4. The van der Waals surface area contributed by atoms with Crippen LogP contribution < -0.4 is 5.32 Å². The summed E-state index contributed by atoms with van der Waals surface area (Å²) in [5.74, 6) is 0.0373. The molecule has 7 heteroatoms. The molecule has 1 aromatic carbocycles. The number of imidazole rings is 1. The molecule has 28 heavy (non-hydrogen) atoms. The van der Waals surface area contributed by atoms with Crippen molar-refractivity contribution < 1.29 is 14.0 Å². The molecule has 0 saturated heterocycles. The number of halogens is 1. The summed E-state index contributed by atoms with van der Waals surface area (Å²) in [7, 11) is 1.84. The minimum absolute atomic E-state index is 0.0771. The number of hydrogen-bond acceptors (Lipinski definition) is 3. The Hall–Kier alpha value is -3.22. The number of H-pyrrole nitrogens is 1. The first-order chi connectivity index (χ1) is 13.5. The van der Waals surface area contributed by atoms with E-state index in [1.807, 2.05) is 11.6 Å². The minimum Gasteiger partial charge on any atom is -0.354 e. The monoisotopic (exact) mass is 380 g/mol. The second-order valence-electron chi connectivity index (χ2n) is 7.11. The highest BCUT2D eigenvalue weighted by Gasteiger charge is 2.28. The number of carbonyl (C=O) groups excluding carboxylic acids is 2. The van der Waals surface area contributed by atoms with E-state index in [-0.39, 0.29) is 17.5 Å². The molecule has 1 aliphatic rings. The van der Waals surface area contributed by atoms with Gasteiger partial charge in [0.2, 0.25) is 0 Å². The van der Waals surface area contributed by atoms with Crippen LogP contribution in [0.2, 0.25) is 0 Å². The van der Waals surface area contributed by atoms with Crippen molar-refractivity contribution in [3.05, 3.63) is 76.4 Å². The summed E-state index contributed by atoms with van der Waals surface area (Å²) in [6, 6.07) is 5.42. The Kier molecular flexibility index (Phi) is 4.58. The second kappa shape index (κ2) is 7.07. The van der Waals surface area contributed by atoms with Crippen LogP contribution in [0.4, 0.5) is 4.39 Å². The molecular formula is C21H21FN4O2. The van der Waals surface area contributed by atoms with Gasteiger partial charge in [-0.1, -0.05) is 12.1 Å². The number of aromatic nitrogens is 3. The number of rotatable bonds is 4. The SMILES string of the molecule is Cc1c(C(=O)NC(c2ccc(F)cc2)c2nccn2C)[nH]c2c1C(=O)CCC2. The highest BCUT2D eigenvalue weighted by molar-refractivity contribution is 6.04. The average molecular weight is 380 g/mol. The predicted octanol–water partition coefficient (Wildman–Crippen LogP) is 3.23. The van der Waals surface area contributed by atoms with Gasteiger partial charge in [-0.25, -0.2) is 9.37 Å². The predicted molar refractivity (Wildman–Crippen MR) is 102 cm³/mol. The lowest BCUT2D eigenvalue weighted by molar-refractivity contribution is 0.0935. The van der Waals surface area contributed by atoms with Crippen molar-refractivity contribution in [3.63, 3.8) is 0 Å². The van der Waals surface area contributed by atoms with E-state index in [1.54, 1.807) is 31.5 Å². The van der Waals surface area contributed by atoms with E-state index in [9.17, 15) is 14.0 Å². The van der Waals surface area contributed by atoms with Crippen LogP contribution >= 0.6 is 0 Å². The van der Waals surface area contributed by atoms with Crippen LogP contribution in [-0.4, -0.2) is 26.2 Å². The van der Waals surface area contributed by atoms with Crippen LogP contribution in [0, 0.1) is 12.7 Å². The first-order valence-electron chi connectivity index (χ1n) is 9.24. The lowest BCUT2D eigenvalue weighted by Gasteiger charge is -2.19. The fourth-order valence-corrected chi connectivity index (χ4v) is 3.81. The van der Waals surface area contributed by atoms with E-state index in [4.69, 9.17) is 0 Å². The van der Waals surface area contributed by atoms with Gasteiger partial charge >= 0.3 is 0 Å². The van der Waals surface area contributed by atoms with Crippen molar-refractivity contribution in [1.82, 2.24) is 19.9 Å². The highest BCUT2D eigenvalue weighted by atomic mass is 19.1. The van der Waals surface area contributed by atoms with Gasteiger partial charge in [-0.3, -0.25) is 9.59 Å². The molecule has 1 unspecified atom stereocenters. The third-order valence-corrected chi connectivity index (χ3v) is 5.26. The van der Waals surface area contributed by atoms with Crippen LogP contribution in [0.3, 0.4) is 0 Å². The van der Waals surface area contributed by atoms with Gasteiger partial charge in [-0.05, 0) is 43.0 Å². The first kappa shape index (κ1) is 18.2. The summed E-state index contributed by atoms with van der Waals surface area (Å²) in [6.45, 7) is 1.79. The molecule has 0 spiro atoms. The van der Waals surface area contributed by atoms with E-state index in [1.165, 1.54) is 12.1 Å². The molecule has 4 rings (SSSR count).